The number of amides is 2. The van der Waals surface area contributed by atoms with Gasteiger partial charge in [0.1, 0.15) is 6.04 Å². The minimum Gasteiger partial charge on any atom is -0.354 e. The van der Waals surface area contributed by atoms with Crippen LogP contribution in [0, 0.1) is 5.92 Å². The number of hydrogen-bond donors (Lipinski definition) is 1. The third-order valence-electron chi connectivity index (χ3n) is 4.71. The van der Waals surface area contributed by atoms with E-state index in [1.54, 1.807) is 29.7 Å². The molecule has 1 atom stereocenters. The van der Waals surface area contributed by atoms with Gasteiger partial charge in [-0.05, 0) is 67.0 Å². The summed E-state index contributed by atoms with van der Waals surface area (Å²) >= 11 is 13.7. The summed E-state index contributed by atoms with van der Waals surface area (Å²) in [6.07, 6.45) is 1.10. The highest BCUT2D eigenvalue weighted by Gasteiger charge is 2.25. The Morgan fingerprint density at radius 2 is 1.74 bits per heavy atom. The Balaban J connectivity index is 1.98. The van der Waals surface area contributed by atoms with Crippen LogP contribution in [0.2, 0.25) is 10.0 Å². The smallest absolute Gasteiger partial charge is 0.242 e. The highest BCUT2D eigenvalue weighted by atomic mass is 35.5. The van der Waals surface area contributed by atoms with Gasteiger partial charge in [-0.2, -0.15) is 0 Å². The average molecular weight is 481 g/mol. The molecule has 2 rings (SSSR count). The van der Waals surface area contributed by atoms with Crippen molar-refractivity contribution in [2.75, 3.05) is 12.3 Å². The van der Waals surface area contributed by atoms with Crippen molar-refractivity contribution < 1.29 is 9.59 Å². The van der Waals surface area contributed by atoms with Crippen LogP contribution in [0.5, 0.6) is 0 Å². The Labute approximate surface area is 199 Å². The molecule has 0 spiro atoms. The summed E-state index contributed by atoms with van der Waals surface area (Å²) in [6.45, 7) is 6.79. The second-order valence-corrected chi connectivity index (χ2v) is 9.91. The molecule has 0 aliphatic carbocycles. The number of nitrogens with one attached hydrogen (secondary N) is 1. The van der Waals surface area contributed by atoms with Crippen LogP contribution in [0.3, 0.4) is 0 Å². The van der Waals surface area contributed by atoms with E-state index in [9.17, 15) is 9.59 Å². The van der Waals surface area contributed by atoms with Crippen LogP contribution in [-0.2, 0) is 16.1 Å². The van der Waals surface area contributed by atoms with Crippen molar-refractivity contribution in [2.24, 2.45) is 5.92 Å². The van der Waals surface area contributed by atoms with Crippen molar-refractivity contribution in [1.29, 1.82) is 0 Å². The Kier molecular flexibility index (Phi) is 10.7. The number of carbonyl (C=O) groups excluding carboxylic acids is 2. The minimum absolute atomic E-state index is 0.0381. The van der Waals surface area contributed by atoms with Crippen molar-refractivity contribution in [3.05, 3.63) is 64.1 Å². The average Bonchev–Trinajstić information content (AvgIpc) is 2.74. The van der Waals surface area contributed by atoms with Crippen LogP contribution in [0.1, 0.15) is 39.2 Å². The molecule has 31 heavy (non-hydrogen) atoms. The molecule has 168 valence electrons. The maximum Gasteiger partial charge on any atom is 0.242 e. The summed E-state index contributed by atoms with van der Waals surface area (Å²) in [5.41, 5.74) is 0.903. The molecule has 2 aromatic rings. The quantitative estimate of drug-likeness (QED) is 0.314. The van der Waals surface area contributed by atoms with Gasteiger partial charge < -0.3 is 10.2 Å². The third-order valence-corrected chi connectivity index (χ3v) is 6.30. The molecule has 1 N–H and O–H groups in total. The molecule has 0 aliphatic heterocycles. The van der Waals surface area contributed by atoms with E-state index < -0.39 is 6.04 Å². The third kappa shape index (κ3) is 9.14. The predicted molar refractivity (Wildman–Crippen MR) is 131 cm³/mol. The van der Waals surface area contributed by atoms with E-state index in [1.807, 2.05) is 56.3 Å². The van der Waals surface area contributed by atoms with Gasteiger partial charge in [-0.25, -0.2) is 0 Å². The summed E-state index contributed by atoms with van der Waals surface area (Å²) < 4.78 is 0. The second-order valence-electron chi connectivity index (χ2n) is 7.87. The summed E-state index contributed by atoms with van der Waals surface area (Å²) in [4.78, 5) is 28.5. The Morgan fingerprint density at radius 1 is 1.03 bits per heavy atom. The molecule has 0 radical (unpaired) electrons. The maximum atomic E-state index is 13.1. The lowest BCUT2D eigenvalue weighted by Gasteiger charge is -2.29. The summed E-state index contributed by atoms with van der Waals surface area (Å²) in [6, 6.07) is 14.5. The standard InChI is InChI=1S/C24H30Cl2N2O2S/c1-17(2)15-27-24(30)18(3)28(16-19-6-4-7-21(26)14-19)23(29)8-5-13-31-22-11-9-20(25)10-12-22/h4,6-7,9-12,14,17-18H,5,8,13,15-16H2,1-3H3,(H,27,30). The van der Waals surface area contributed by atoms with Gasteiger partial charge >= 0.3 is 0 Å². The maximum absolute atomic E-state index is 13.1. The molecule has 0 bridgehead atoms. The van der Waals surface area contributed by atoms with Gasteiger partial charge in [-0.1, -0.05) is 49.2 Å². The van der Waals surface area contributed by atoms with Gasteiger partial charge in [-0.15, -0.1) is 11.8 Å². The van der Waals surface area contributed by atoms with E-state index >= 15 is 0 Å². The van der Waals surface area contributed by atoms with E-state index in [4.69, 9.17) is 23.2 Å². The normalized spacial score (nSPS) is 11.9. The summed E-state index contributed by atoms with van der Waals surface area (Å²) in [7, 11) is 0. The van der Waals surface area contributed by atoms with E-state index in [0.717, 1.165) is 22.6 Å². The molecular formula is C24H30Cl2N2O2S. The Bertz CT molecular complexity index is 859. The molecule has 7 heteroatoms. The second kappa shape index (κ2) is 13.0. The number of carbonyl (C=O) groups is 2. The van der Waals surface area contributed by atoms with Gasteiger partial charge in [0.05, 0.1) is 0 Å². The van der Waals surface area contributed by atoms with Crippen molar-refractivity contribution >= 4 is 46.8 Å². The van der Waals surface area contributed by atoms with Crippen LogP contribution in [0.15, 0.2) is 53.4 Å². The molecule has 4 nitrogen and oxygen atoms in total. The van der Waals surface area contributed by atoms with Gasteiger partial charge in [-0.3, -0.25) is 9.59 Å². The van der Waals surface area contributed by atoms with Crippen molar-refractivity contribution in [1.82, 2.24) is 10.2 Å². The first-order valence-corrected chi connectivity index (χ1v) is 12.2. The lowest BCUT2D eigenvalue weighted by atomic mass is 10.1. The van der Waals surface area contributed by atoms with Gasteiger partial charge in [0.15, 0.2) is 0 Å². The van der Waals surface area contributed by atoms with Gasteiger partial charge in [0, 0.05) is 34.5 Å². The van der Waals surface area contributed by atoms with Crippen LogP contribution in [0.4, 0.5) is 0 Å². The zero-order chi connectivity index (χ0) is 22.8. The largest absolute Gasteiger partial charge is 0.354 e. The fraction of sp³-hybridized carbons (Fsp3) is 0.417. The molecule has 2 aromatic carbocycles. The van der Waals surface area contributed by atoms with Crippen LogP contribution < -0.4 is 5.32 Å². The zero-order valence-corrected chi connectivity index (χ0v) is 20.6. The lowest BCUT2D eigenvalue weighted by molar-refractivity contribution is -0.140. The number of halogens is 2. The molecule has 0 fully saturated rings. The molecule has 0 aromatic heterocycles. The van der Waals surface area contributed by atoms with Crippen LogP contribution in [-0.4, -0.2) is 35.1 Å². The van der Waals surface area contributed by atoms with Crippen molar-refractivity contribution in [3.63, 3.8) is 0 Å². The summed E-state index contributed by atoms with van der Waals surface area (Å²) in [5.74, 6) is 0.980. The number of benzene rings is 2. The monoisotopic (exact) mass is 480 g/mol. The fourth-order valence-corrected chi connectivity index (χ4v) is 4.15. The number of rotatable bonds is 11. The molecule has 0 saturated carbocycles. The highest BCUT2D eigenvalue weighted by molar-refractivity contribution is 7.99. The predicted octanol–water partition coefficient (Wildman–Crippen LogP) is 6.06. The number of hydrogen-bond acceptors (Lipinski definition) is 3. The minimum atomic E-state index is -0.561. The fourth-order valence-electron chi connectivity index (χ4n) is 2.95. The van der Waals surface area contributed by atoms with E-state index in [-0.39, 0.29) is 11.8 Å². The zero-order valence-electron chi connectivity index (χ0n) is 18.2. The van der Waals surface area contributed by atoms with Crippen LogP contribution >= 0.6 is 35.0 Å². The molecular weight excluding hydrogens is 451 g/mol. The first-order valence-electron chi connectivity index (χ1n) is 10.5. The first-order chi connectivity index (χ1) is 14.8. The topological polar surface area (TPSA) is 49.4 Å². The molecule has 0 aliphatic rings. The van der Waals surface area contributed by atoms with E-state index in [0.29, 0.717) is 35.5 Å². The SMILES string of the molecule is CC(C)CNC(=O)C(C)N(Cc1cccc(Cl)c1)C(=O)CCCSc1ccc(Cl)cc1. The summed E-state index contributed by atoms with van der Waals surface area (Å²) in [5, 5.41) is 4.26. The first kappa shape index (κ1) is 25.6. The van der Waals surface area contributed by atoms with Gasteiger partial charge in [0.2, 0.25) is 11.8 Å². The lowest BCUT2D eigenvalue weighted by Crippen LogP contribution is -2.48. The van der Waals surface area contributed by atoms with Crippen molar-refractivity contribution in [2.45, 2.75) is 51.1 Å². The van der Waals surface area contributed by atoms with E-state index in [2.05, 4.69) is 5.32 Å². The van der Waals surface area contributed by atoms with E-state index in [1.165, 1.54) is 0 Å². The molecule has 2 amide bonds. The number of nitrogens with zero attached hydrogens (tertiary/aromatic N) is 1. The Morgan fingerprint density at radius 3 is 2.39 bits per heavy atom. The molecule has 1 unspecified atom stereocenters. The number of thioether (sulfide) groups is 1. The highest BCUT2D eigenvalue weighted by Crippen LogP contribution is 2.22. The molecule has 0 heterocycles. The Hall–Kier alpha value is -1.69. The van der Waals surface area contributed by atoms with Crippen molar-refractivity contribution in [3.8, 4) is 0 Å². The van der Waals surface area contributed by atoms with Crippen LogP contribution in [0.25, 0.3) is 0 Å². The molecule has 0 saturated heterocycles. The van der Waals surface area contributed by atoms with Gasteiger partial charge in [0.25, 0.3) is 0 Å².